The van der Waals surface area contributed by atoms with Crippen LogP contribution in [0.1, 0.15) is 43.4 Å². The van der Waals surface area contributed by atoms with Gasteiger partial charge in [0, 0.05) is 37.9 Å². The van der Waals surface area contributed by atoms with E-state index in [1.165, 1.54) is 15.7 Å². The Morgan fingerprint density at radius 2 is 1.65 bits per heavy atom. The normalized spacial score (nSPS) is 13.4. The molecule has 190 valence electrons. The summed E-state index contributed by atoms with van der Waals surface area (Å²) in [6.07, 6.45) is 5.85. The predicted molar refractivity (Wildman–Crippen MR) is 147 cm³/mol. The van der Waals surface area contributed by atoms with Gasteiger partial charge in [0.2, 0.25) is 5.91 Å². The largest absolute Gasteiger partial charge is 0.349 e. The first kappa shape index (κ1) is 24.6. The van der Waals surface area contributed by atoms with Crippen molar-refractivity contribution in [2.24, 2.45) is 0 Å². The molecule has 0 radical (unpaired) electrons. The Morgan fingerprint density at radius 3 is 2.38 bits per heavy atom. The zero-order valence-electron chi connectivity index (χ0n) is 21.4. The number of hydrogen-bond acceptors (Lipinski definition) is 3. The Hall–Kier alpha value is -4.13. The van der Waals surface area contributed by atoms with Crippen LogP contribution in [-0.2, 0) is 30.8 Å². The second-order valence-corrected chi connectivity index (χ2v) is 9.57. The third-order valence-electron chi connectivity index (χ3n) is 6.99. The summed E-state index contributed by atoms with van der Waals surface area (Å²) >= 11 is 0. The van der Waals surface area contributed by atoms with Crippen molar-refractivity contribution in [3.63, 3.8) is 0 Å². The van der Waals surface area contributed by atoms with Gasteiger partial charge in [0.15, 0.2) is 0 Å². The Balaban J connectivity index is 1.37. The fraction of sp³-hybridized carbons (Fsp3) is 0.300. The maximum atomic E-state index is 13.0. The number of amides is 1. The third-order valence-corrected chi connectivity index (χ3v) is 6.99. The van der Waals surface area contributed by atoms with E-state index < -0.39 is 0 Å². The number of fused-ring (bicyclic) bond motifs is 2. The fourth-order valence-corrected chi connectivity index (χ4v) is 5.04. The summed E-state index contributed by atoms with van der Waals surface area (Å²) in [4.78, 5) is 43.9. The molecule has 5 rings (SSSR count). The van der Waals surface area contributed by atoms with Crippen LogP contribution in [0.2, 0.25) is 0 Å². The number of benzene rings is 2. The summed E-state index contributed by atoms with van der Waals surface area (Å²) in [5.41, 5.74) is 5.69. The van der Waals surface area contributed by atoms with E-state index in [4.69, 9.17) is 0 Å². The molecule has 0 saturated heterocycles. The summed E-state index contributed by atoms with van der Waals surface area (Å²) < 4.78 is 3.01. The van der Waals surface area contributed by atoms with Gasteiger partial charge in [-0.25, -0.2) is 4.79 Å². The van der Waals surface area contributed by atoms with E-state index in [0.717, 1.165) is 36.2 Å². The third kappa shape index (κ3) is 4.81. The van der Waals surface area contributed by atoms with E-state index >= 15 is 0 Å². The van der Waals surface area contributed by atoms with Gasteiger partial charge in [-0.2, -0.15) is 0 Å². The van der Waals surface area contributed by atoms with Gasteiger partial charge in [0.25, 0.3) is 5.56 Å². The van der Waals surface area contributed by atoms with E-state index in [0.29, 0.717) is 37.1 Å². The number of aromatic amines is 1. The molecule has 1 aliphatic heterocycles. The Bertz CT molecular complexity index is 1590. The molecule has 37 heavy (non-hydrogen) atoms. The molecule has 0 fully saturated rings. The summed E-state index contributed by atoms with van der Waals surface area (Å²) in [6.45, 7) is 6.29. The highest BCUT2D eigenvalue weighted by molar-refractivity contribution is 5.92. The number of H-pyrrole nitrogens is 1. The summed E-state index contributed by atoms with van der Waals surface area (Å²) in [6, 6.07) is 18.0. The molecule has 4 aromatic rings. The molecule has 0 bridgehead atoms. The molecule has 1 N–H and O–H groups in total. The minimum absolute atomic E-state index is 0.00597. The molecule has 0 saturated carbocycles. The highest BCUT2D eigenvalue weighted by Crippen LogP contribution is 2.23. The zero-order valence-corrected chi connectivity index (χ0v) is 21.4. The first-order valence-electron chi connectivity index (χ1n) is 13.0. The van der Waals surface area contributed by atoms with Crippen molar-refractivity contribution in [2.45, 2.75) is 52.7 Å². The van der Waals surface area contributed by atoms with Gasteiger partial charge in [-0.3, -0.25) is 18.7 Å². The van der Waals surface area contributed by atoms with Crippen LogP contribution in [0.5, 0.6) is 0 Å². The molecule has 3 heterocycles. The number of aromatic nitrogens is 3. The lowest BCUT2D eigenvalue weighted by molar-refractivity contribution is -0.126. The van der Waals surface area contributed by atoms with Gasteiger partial charge >= 0.3 is 5.69 Å². The van der Waals surface area contributed by atoms with E-state index in [9.17, 15) is 14.4 Å². The van der Waals surface area contributed by atoms with Crippen molar-refractivity contribution in [2.75, 3.05) is 6.54 Å². The van der Waals surface area contributed by atoms with Crippen molar-refractivity contribution >= 4 is 23.0 Å². The molecule has 1 aliphatic rings. The lowest BCUT2D eigenvalue weighted by Crippen LogP contribution is -2.39. The van der Waals surface area contributed by atoms with Crippen LogP contribution in [-0.4, -0.2) is 31.5 Å². The Morgan fingerprint density at radius 1 is 0.946 bits per heavy atom. The maximum Gasteiger partial charge on any atom is 0.331 e. The molecule has 0 unspecified atom stereocenters. The van der Waals surface area contributed by atoms with Crippen molar-refractivity contribution < 1.29 is 4.79 Å². The zero-order chi connectivity index (χ0) is 25.9. The molecule has 2 aromatic heterocycles. The first-order valence-corrected chi connectivity index (χ1v) is 13.0. The first-order chi connectivity index (χ1) is 18.0. The van der Waals surface area contributed by atoms with Crippen LogP contribution in [0.25, 0.3) is 28.4 Å². The van der Waals surface area contributed by atoms with E-state index in [1.807, 2.05) is 67.3 Å². The highest BCUT2D eigenvalue weighted by atomic mass is 16.2. The van der Waals surface area contributed by atoms with Crippen LogP contribution in [0.15, 0.2) is 70.3 Å². The fourth-order valence-electron chi connectivity index (χ4n) is 5.04. The average Bonchev–Trinajstić information content (AvgIpc) is 3.38. The molecule has 0 spiro atoms. The minimum atomic E-state index is -0.279. The quantitative estimate of drug-likeness (QED) is 0.381. The lowest BCUT2D eigenvalue weighted by atomic mass is 10.00. The number of carbonyl (C=O) groups excluding carboxylic acids is 1. The number of hydrogen-bond donors (Lipinski definition) is 1. The van der Waals surface area contributed by atoms with E-state index in [-0.39, 0.29) is 17.2 Å². The molecule has 0 aliphatic carbocycles. The lowest BCUT2D eigenvalue weighted by Gasteiger charge is -2.27. The van der Waals surface area contributed by atoms with Gasteiger partial charge in [0.05, 0.1) is 5.52 Å². The Labute approximate surface area is 215 Å². The minimum Gasteiger partial charge on any atom is -0.349 e. The molecule has 2 aromatic carbocycles. The average molecular weight is 497 g/mol. The summed E-state index contributed by atoms with van der Waals surface area (Å²) in [5, 5.41) is 0. The molecule has 7 heteroatoms. The molecule has 1 amide bonds. The molecular weight excluding hydrogens is 464 g/mol. The second-order valence-electron chi connectivity index (χ2n) is 9.57. The van der Waals surface area contributed by atoms with Gasteiger partial charge in [-0.1, -0.05) is 62.4 Å². The van der Waals surface area contributed by atoms with Crippen LogP contribution >= 0.6 is 0 Å². The van der Waals surface area contributed by atoms with Gasteiger partial charge in [0.1, 0.15) is 5.52 Å². The van der Waals surface area contributed by atoms with Crippen molar-refractivity contribution in [3.8, 4) is 11.3 Å². The van der Waals surface area contributed by atoms with E-state index in [2.05, 4.69) is 17.1 Å². The smallest absolute Gasteiger partial charge is 0.331 e. The summed E-state index contributed by atoms with van der Waals surface area (Å²) in [7, 11) is 0. The topological polar surface area (TPSA) is 80.1 Å². The monoisotopic (exact) mass is 496 g/mol. The van der Waals surface area contributed by atoms with Crippen molar-refractivity contribution in [3.05, 3.63) is 98.2 Å². The van der Waals surface area contributed by atoms with Crippen molar-refractivity contribution in [1.29, 1.82) is 0 Å². The second kappa shape index (κ2) is 10.5. The number of aryl methyl sites for hydroxylation is 1. The van der Waals surface area contributed by atoms with Crippen LogP contribution in [0, 0.1) is 0 Å². The number of nitrogens with zero attached hydrogens (tertiary/aromatic N) is 3. The van der Waals surface area contributed by atoms with Crippen molar-refractivity contribution in [1.82, 2.24) is 19.0 Å². The molecule has 7 nitrogen and oxygen atoms in total. The number of carbonyl (C=O) groups is 1. The highest BCUT2D eigenvalue weighted by Gasteiger charge is 2.19. The van der Waals surface area contributed by atoms with Crippen LogP contribution in [0.3, 0.4) is 0 Å². The standard InChI is InChI=1S/C30H32N4O3/c1-3-16-33-26-19-25(31-28(26)29(36)34(17-4-2)30(33)37)23-12-9-21(10-13-23)11-14-27(35)32-18-15-22-7-5-6-8-24(22)20-32/h5-14,19,31H,3-4,15-18,20H2,1-2H3. The number of rotatable bonds is 7. The van der Waals surface area contributed by atoms with Gasteiger partial charge < -0.3 is 9.88 Å². The van der Waals surface area contributed by atoms with Crippen LogP contribution < -0.4 is 11.2 Å². The Kier molecular flexibility index (Phi) is 6.95. The van der Waals surface area contributed by atoms with E-state index in [1.54, 1.807) is 10.6 Å². The maximum absolute atomic E-state index is 13.0. The van der Waals surface area contributed by atoms with Gasteiger partial charge in [-0.15, -0.1) is 0 Å². The van der Waals surface area contributed by atoms with Crippen LogP contribution in [0.4, 0.5) is 0 Å². The number of nitrogens with one attached hydrogen (secondary N) is 1. The molecule has 0 atom stereocenters. The summed E-state index contributed by atoms with van der Waals surface area (Å²) in [5.74, 6) is 0.00597. The predicted octanol–water partition coefficient (Wildman–Crippen LogP) is 4.58. The van der Waals surface area contributed by atoms with Gasteiger partial charge in [-0.05, 0) is 53.7 Å². The SMILES string of the molecule is CCCn1c(=O)c2[nH]c(-c3ccc(C=CC(=O)N4CCc5ccccc5C4)cc3)cc2n(CCC)c1=O. The molecular formula is C30H32N4O3.